The number of nitrogens with one attached hydrogen (secondary N) is 1. The maximum Gasteiger partial charge on any atom is 0.157 e. The zero-order valence-electron chi connectivity index (χ0n) is 15.6. The van der Waals surface area contributed by atoms with Crippen LogP contribution < -0.4 is 10.5 Å². The summed E-state index contributed by atoms with van der Waals surface area (Å²) in [6, 6.07) is 10.4. The Balaban J connectivity index is 1.49. The number of methoxy groups -OCH3 is 1. The number of nitrogens with two attached hydrogens (primary N) is 1. The molecule has 3 aromatic rings. The van der Waals surface area contributed by atoms with E-state index in [1.165, 1.54) is 6.42 Å². The van der Waals surface area contributed by atoms with E-state index in [9.17, 15) is 0 Å². The summed E-state index contributed by atoms with van der Waals surface area (Å²) in [5, 5.41) is 0. The molecule has 0 bridgehead atoms. The third-order valence-electron chi connectivity index (χ3n) is 5.09. The maximum absolute atomic E-state index is 5.95. The lowest BCUT2D eigenvalue weighted by atomic mass is 10.1. The molecule has 6 nitrogen and oxygen atoms in total. The van der Waals surface area contributed by atoms with E-state index in [0.717, 1.165) is 71.8 Å². The van der Waals surface area contributed by atoms with Gasteiger partial charge >= 0.3 is 0 Å². The molecule has 1 unspecified atom stereocenters. The third kappa shape index (κ3) is 4.10. The Morgan fingerprint density at radius 2 is 2.04 bits per heavy atom. The lowest BCUT2D eigenvalue weighted by molar-refractivity contribution is 0.415. The largest absolute Gasteiger partial charge is 0.497 e. The van der Waals surface area contributed by atoms with E-state index < -0.39 is 0 Å². The topological polar surface area (TPSA) is 89.2 Å². The quantitative estimate of drug-likeness (QED) is 0.720. The minimum Gasteiger partial charge on any atom is -0.497 e. The standard InChI is InChI=1S/C21H25N5O/c1-27-17-9-6-14(7-10-17)15-12-18-21(23-13-15)26-20(25-18)11-8-16-4-2-3-5-19(22)24-16/h6-7,9-10,12-13,16H,2-5,8,11H2,1H3,(H2,22,24)(H,23,25,26). The first-order valence-corrected chi connectivity index (χ1v) is 9.52. The van der Waals surface area contributed by atoms with Gasteiger partial charge in [0.05, 0.1) is 19.0 Å². The lowest BCUT2D eigenvalue weighted by Gasteiger charge is -2.09. The van der Waals surface area contributed by atoms with Crippen LogP contribution in [0.2, 0.25) is 0 Å². The van der Waals surface area contributed by atoms with E-state index in [4.69, 9.17) is 15.5 Å². The molecule has 0 radical (unpaired) electrons. The molecule has 140 valence electrons. The smallest absolute Gasteiger partial charge is 0.157 e. The predicted molar refractivity (Wildman–Crippen MR) is 108 cm³/mol. The zero-order valence-corrected chi connectivity index (χ0v) is 15.6. The number of nitrogens with zero attached hydrogens (tertiary/aromatic N) is 3. The van der Waals surface area contributed by atoms with Crippen LogP contribution in [0.25, 0.3) is 22.3 Å². The van der Waals surface area contributed by atoms with Crippen molar-refractivity contribution in [1.82, 2.24) is 15.0 Å². The molecule has 2 aromatic heterocycles. The number of imidazole rings is 1. The van der Waals surface area contributed by atoms with Crippen LogP contribution in [0.5, 0.6) is 5.75 Å². The number of hydrogen-bond acceptors (Lipinski definition) is 5. The zero-order chi connectivity index (χ0) is 18.6. The fourth-order valence-electron chi connectivity index (χ4n) is 3.57. The Morgan fingerprint density at radius 1 is 1.19 bits per heavy atom. The molecule has 1 aliphatic heterocycles. The number of ether oxygens (including phenoxy) is 1. The molecule has 4 rings (SSSR count). The van der Waals surface area contributed by atoms with Crippen molar-refractivity contribution in [2.75, 3.05) is 7.11 Å². The van der Waals surface area contributed by atoms with Gasteiger partial charge in [-0.1, -0.05) is 18.6 Å². The molecule has 0 saturated carbocycles. The molecule has 3 N–H and O–H groups in total. The van der Waals surface area contributed by atoms with E-state index in [2.05, 4.69) is 21.0 Å². The van der Waals surface area contributed by atoms with Crippen molar-refractivity contribution in [2.24, 2.45) is 10.7 Å². The van der Waals surface area contributed by atoms with Gasteiger partial charge in [-0.25, -0.2) is 9.97 Å². The first kappa shape index (κ1) is 17.5. The number of H-pyrrole nitrogens is 1. The first-order valence-electron chi connectivity index (χ1n) is 9.52. The molecular formula is C21H25N5O. The maximum atomic E-state index is 5.95. The monoisotopic (exact) mass is 363 g/mol. The summed E-state index contributed by atoms with van der Waals surface area (Å²) in [4.78, 5) is 17.3. The second-order valence-corrected chi connectivity index (χ2v) is 7.06. The fraction of sp³-hybridized carbons (Fsp3) is 0.381. The van der Waals surface area contributed by atoms with Crippen LogP contribution in [0, 0.1) is 0 Å². The molecule has 0 spiro atoms. The molecule has 0 amide bonds. The highest BCUT2D eigenvalue weighted by atomic mass is 16.5. The predicted octanol–water partition coefficient (Wildman–Crippen LogP) is 3.87. The highest BCUT2D eigenvalue weighted by molar-refractivity contribution is 5.80. The summed E-state index contributed by atoms with van der Waals surface area (Å²) in [7, 11) is 1.67. The van der Waals surface area contributed by atoms with Crippen molar-refractivity contribution in [3.63, 3.8) is 0 Å². The number of hydrogen-bond donors (Lipinski definition) is 2. The Labute approximate surface area is 158 Å². The Hall–Kier alpha value is -2.89. The molecule has 6 heteroatoms. The number of amidine groups is 1. The van der Waals surface area contributed by atoms with Crippen LogP contribution in [0.1, 0.15) is 37.9 Å². The van der Waals surface area contributed by atoms with Crippen molar-refractivity contribution in [1.29, 1.82) is 0 Å². The second-order valence-electron chi connectivity index (χ2n) is 7.06. The van der Waals surface area contributed by atoms with Crippen molar-refractivity contribution in [3.05, 3.63) is 42.4 Å². The molecule has 0 aliphatic carbocycles. The van der Waals surface area contributed by atoms with Crippen LogP contribution in [0.3, 0.4) is 0 Å². The molecule has 3 heterocycles. The van der Waals surface area contributed by atoms with Crippen LogP contribution in [0.4, 0.5) is 0 Å². The van der Waals surface area contributed by atoms with Crippen LogP contribution in [-0.2, 0) is 6.42 Å². The average molecular weight is 363 g/mol. The molecule has 1 aliphatic rings. The Kier molecular flexibility index (Phi) is 5.05. The Morgan fingerprint density at radius 3 is 2.85 bits per heavy atom. The van der Waals surface area contributed by atoms with Crippen LogP contribution in [0.15, 0.2) is 41.5 Å². The van der Waals surface area contributed by atoms with E-state index >= 15 is 0 Å². The number of aromatic nitrogens is 3. The van der Waals surface area contributed by atoms with Crippen molar-refractivity contribution >= 4 is 17.0 Å². The summed E-state index contributed by atoms with van der Waals surface area (Å²) < 4.78 is 5.22. The normalized spacial score (nSPS) is 17.5. The van der Waals surface area contributed by atoms with Gasteiger partial charge in [0.2, 0.25) is 0 Å². The van der Waals surface area contributed by atoms with Crippen molar-refractivity contribution in [2.45, 2.75) is 44.6 Å². The SMILES string of the molecule is COc1ccc(-c2cnc3[nH]c(CCC4CCCCC(N)=N4)nc3c2)cc1. The molecule has 0 fully saturated rings. The minimum absolute atomic E-state index is 0.309. The molecule has 27 heavy (non-hydrogen) atoms. The van der Waals surface area contributed by atoms with E-state index in [1.807, 2.05) is 30.5 Å². The molecule has 1 aromatic carbocycles. The van der Waals surface area contributed by atoms with Gasteiger partial charge in [0.15, 0.2) is 5.65 Å². The number of aromatic amines is 1. The summed E-state index contributed by atoms with van der Waals surface area (Å²) in [5.74, 6) is 2.60. The second kappa shape index (κ2) is 7.78. The molecule has 0 saturated heterocycles. The van der Waals surface area contributed by atoms with Crippen molar-refractivity contribution < 1.29 is 4.74 Å². The summed E-state index contributed by atoms with van der Waals surface area (Å²) in [6.45, 7) is 0. The van der Waals surface area contributed by atoms with E-state index in [0.29, 0.717) is 6.04 Å². The summed E-state index contributed by atoms with van der Waals surface area (Å²) in [5.41, 5.74) is 9.81. The number of aliphatic imine (C=N–C) groups is 1. The van der Waals surface area contributed by atoms with Gasteiger partial charge in [0.1, 0.15) is 17.1 Å². The molecular weight excluding hydrogens is 338 g/mol. The number of fused-ring (bicyclic) bond motifs is 1. The number of pyridine rings is 1. The Bertz CT molecular complexity index is 945. The number of benzene rings is 1. The average Bonchev–Trinajstić information content (AvgIpc) is 2.99. The highest BCUT2D eigenvalue weighted by Crippen LogP contribution is 2.24. The minimum atomic E-state index is 0.309. The summed E-state index contributed by atoms with van der Waals surface area (Å²) >= 11 is 0. The molecule has 1 atom stereocenters. The van der Waals surface area contributed by atoms with Gasteiger partial charge in [0, 0.05) is 24.6 Å². The lowest BCUT2D eigenvalue weighted by Crippen LogP contribution is -2.14. The van der Waals surface area contributed by atoms with Crippen molar-refractivity contribution in [3.8, 4) is 16.9 Å². The van der Waals surface area contributed by atoms with Crippen LogP contribution >= 0.6 is 0 Å². The van der Waals surface area contributed by atoms with Gasteiger partial charge in [-0.15, -0.1) is 0 Å². The number of rotatable bonds is 5. The van der Waals surface area contributed by atoms with Gasteiger partial charge in [-0.2, -0.15) is 0 Å². The van der Waals surface area contributed by atoms with Crippen LogP contribution in [-0.4, -0.2) is 33.9 Å². The highest BCUT2D eigenvalue weighted by Gasteiger charge is 2.14. The van der Waals surface area contributed by atoms with E-state index in [1.54, 1.807) is 7.11 Å². The van der Waals surface area contributed by atoms with E-state index in [-0.39, 0.29) is 0 Å². The van der Waals surface area contributed by atoms with Gasteiger partial charge in [-0.05, 0) is 43.0 Å². The van der Waals surface area contributed by atoms with Gasteiger partial charge in [-0.3, -0.25) is 4.99 Å². The number of aryl methyl sites for hydroxylation is 1. The third-order valence-corrected chi connectivity index (χ3v) is 5.09. The van der Waals surface area contributed by atoms with Gasteiger partial charge in [0.25, 0.3) is 0 Å². The first-order chi connectivity index (χ1) is 13.2. The summed E-state index contributed by atoms with van der Waals surface area (Å²) in [6.07, 6.45) is 8.08. The fourth-order valence-corrected chi connectivity index (χ4v) is 3.57. The van der Waals surface area contributed by atoms with Gasteiger partial charge < -0.3 is 15.5 Å².